The van der Waals surface area contributed by atoms with Gasteiger partial charge in [0.15, 0.2) is 5.17 Å². The number of nitrogens with one attached hydrogen (secondary N) is 2. The number of aliphatic imine (C=N–C) groups is 2. The second-order valence-corrected chi connectivity index (χ2v) is 10.7. The Labute approximate surface area is 243 Å². The third kappa shape index (κ3) is 6.33. The van der Waals surface area contributed by atoms with E-state index in [4.69, 9.17) is 14.7 Å². The van der Waals surface area contributed by atoms with Crippen LogP contribution in [0.3, 0.4) is 0 Å². The van der Waals surface area contributed by atoms with Gasteiger partial charge in [0.05, 0.1) is 23.7 Å². The van der Waals surface area contributed by atoms with Crippen LogP contribution in [0.5, 0.6) is 5.75 Å². The fourth-order valence-corrected chi connectivity index (χ4v) is 5.65. The number of fused-ring (bicyclic) bond motifs is 3. The lowest BCUT2D eigenvalue weighted by molar-refractivity contribution is -0.125. The van der Waals surface area contributed by atoms with Gasteiger partial charge in [0.25, 0.3) is 5.91 Å². The fraction of sp³-hybridized carbons (Fsp3) is 0.258. The number of nitrogens with zero attached hydrogens (tertiary/aromatic N) is 3. The van der Waals surface area contributed by atoms with Crippen LogP contribution in [-0.2, 0) is 20.9 Å². The number of carbonyl (C=O) groups is 3. The first-order chi connectivity index (χ1) is 20.0. The fourth-order valence-electron chi connectivity index (χ4n) is 4.63. The molecule has 10 heteroatoms. The molecular weight excluding hydrogens is 538 g/mol. The highest BCUT2D eigenvalue weighted by atomic mass is 32.2. The van der Waals surface area contributed by atoms with Gasteiger partial charge in [0, 0.05) is 18.5 Å². The molecule has 41 heavy (non-hydrogen) atoms. The molecule has 0 saturated carbocycles. The number of hydrogen-bond donors (Lipinski definition) is 2. The van der Waals surface area contributed by atoms with Gasteiger partial charge < -0.3 is 15.4 Å². The maximum absolute atomic E-state index is 13.6. The molecule has 3 aromatic rings. The molecule has 210 valence electrons. The zero-order valence-electron chi connectivity index (χ0n) is 22.9. The van der Waals surface area contributed by atoms with Crippen molar-refractivity contribution in [1.82, 2.24) is 10.2 Å². The standard InChI is InChI=1S/C31H31N5O4S/c1-3-26(29(38)34-23-15-9-10-16-25(23)40-2)41-31-35-22-14-8-7-13-21(22)28-33-24(30(39)36(28)31)17-18-27(37)32-19-20-11-5-4-6-12-20/h4-16,24,26H,3,17-19H2,1-2H3,(H,32,37)(H,34,38). The number of thioether (sulfide) groups is 1. The number of amidine groups is 2. The molecule has 5 rings (SSSR count). The molecule has 2 unspecified atom stereocenters. The van der Waals surface area contributed by atoms with Gasteiger partial charge in [-0.2, -0.15) is 0 Å². The molecule has 0 bridgehead atoms. The topological polar surface area (TPSA) is 112 Å². The highest BCUT2D eigenvalue weighted by Crippen LogP contribution is 2.36. The van der Waals surface area contributed by atoms with E-state index in [1.165, 1.54) is 16.7 Å². The molecule has 0 fully saturated rings. The quantitative estimate of drug-likeness (QED) is 0.361. The minimum atomic E-state index is -0.716. The van der Waals surface area contributed by atoms with Crippen molar-refractivity contribution in [2.24, 2.45) is 9.98 Å². The Kier molecular flexibility index (Phi) is 8.79. The summed E-state index contributed by atoms with van der Waals surface area (Å²) in [4.78, 5) is 50.5. The first kappa shape index (κ1) is 28.1. The molecule has 3 aromatic carbocycles. The summed E-state index contributed by atoms with van der Waals surface area (Å²) in [6.07, 6.45) is 0.935. The van der Waals surface area contributed by atoms with Crippen LogP contribution in [-0.4, -0.2) is 52.0 Å². The Bertz CT molecular complexity index is 1510. The second-order valence-electron chi connectivity index (χ2n) is 9.56. The van der Waals surface area contributed by atoms with E-state index in [1.54, 1.807) is 19.2 Å². The Hall–Kier alpha value is -4.44. The first-order valence-electron chi connectivity index (χ1n) is 13.5. The van der Waals surface area contributed by atoms with E-state index in [-0.39, 0.29) is 30.6 Å². The lowest BCUT2D eigenvalue weighted by Crippen LogP contribution is -2.42. The zero-order chi connectivity index (χ0) is 28.8. The van der Waals surface area contributed by atoms with Crippen LogP contribution >= 0.6 is 11.8 Å². The Morgan fingerprint density at radius 1 is 1.02 bits per heavy atom. The van der Waals surface area contributed by atoms with Gasteiger partial charge in [-0.05, 0) is 42.7 Å². The number of anilines is 1. The van der Waals surface area contributed by atoms with Crippen molar-refractivity contribution in [1.29, 1.82) is 0 Å². The van der Waals surface area contributed by atoms with Crippen molar-refractivity contribution in [3.8, 4) is 5.75 Å². The largest absolute Gasteiger partial charge is 0.495 e. The Morgan fingerprint density at radius 3 is 2.54 bits per heavy atom. The van der Waals surface area contributed by atoms with E-state index >= 15 is 0 Å². The van der Waals surface area contributed by atoms with E-state index in [0.717, 1.165) is 11.1 Å². The smallest absolute Gasteiger partial charge is 0.259 e. The van der Waals surface area contributed by atoms with E-state index < -0.39 is 11.3 Å². The van der Waals surface area contributed by atoms with Crippen molar-refractivity contribution >= 4 is 51.9 Å². The third-order valence-electron chi connectivity index (χ3n) is 6.80. The molecule has 2 aliphatic rings. The average molecular weight is 570 g/mol. The summed E-state index contributed by atoms with van der Waals surface area (Å²) in [5.74, 6) is 0.439. The molecule has 0 spiro atoms. The van der Waals surface area contributed by atoms with Gasteiger partial charge in [-0.3, -0.25) is 19.4 Å². The summed E-state index contributed by atoms with van der Waals surface area (Å²) in [5, 5.41) is 5.71. The Balaban J connectivity index is 1.30. The van der Waals surface area contributed by atoms with E-state index in [0.29, 0.717) is 41.1 Å². The predicted octanol–water partition coefficient (Wildman–Crippen LogP) is 4.90. The summed E-state index contributed by atoms with van der Waals surface area (Å²) < 4.78 is 5.37. The molecule has 3 amide bonds. The number of amides is 3. The molecule has 0 saturated heterocycles. The number of hydrogen-bond acceptors (Lipinski definition) is 7. The van der Waals surface area contributed by atoms with Crippen LogP contribution in [0.15, 0.2) is 88.8 Å². The van der Waals surface area contributed by atoms with Gasteiger partial charge >= 0.3 is 0 Å². The van der Waals surface area contributed by atoms with Gasteiger partial charge in [-0.1, -0.05) is 73.3 Å². The second kappa shape index (κ2) is 12.8. The van der Waals surface area contributed by atoms with Crippen molar-refractivity contribution < 1.29 is 19.1 Å². The van der Waals surface area contributed by atoms with Crippen molar-refractivity contribution in [3.63, 3.8) is 0 Å². The van der Waals surface area contributed by atoms with E-state index in [2.05, 4.69) is 10.6 Å². The highest BCUT2D eigenvalue weighted by Gasteiger charge is 2.42. The minimum Gasteiger partial charge on any atom is -0.495 e. The highest BCUT2D eigenvalue weighted by molar-refractivity contribution is 8.15. The van der Waals surface area contributed by atoms with E-state index in [1.807, 2.05) is 73.7 Å². The molecule has 2 heterocycles. The van der Waals surface area contributed by atoms with Gasteiger partial charge in [0.1, 0.15) is 17.6 Å². The SMILES string of the molecule is CCC(SC1=Nc2ccccc2C2=NC(CCC(=O)NCc3ccccc3)C(=O)N12)C(=O)Nc1ccccc1OC. The number of rotatable bonds is 10. The number of para-hydroxylation sites is 3. The zero-order valence-corrected chi connectivity index (χ0v) is 23.7. The minimum absolute atomic E-state index is 0.144. The lowest BCUT2D eigenvalue weighted by Gasteiger charge is -2.27. The van der Waals surface area contributed by atoms with Crippen molar-refractivity contribution in [2.45, 2.75) is 44.0 Å². The molecule has 9 nitrogen and oxygen atoms in total. The summed E-state index contributed by atoms with van der Waals surface area (Å²) in [5.41, 5.74) is 3.00. The summed E-state index contributed by atoms with van der Waals surface area (Å²) in [6, 6.07) is 23.6. The number of methoxy groups -OCH3 is 1. The predicted molar refractivity (Wildman–Crippen MR) is 162 cm³/mol. The molecule has 0 aliphatic carbocycles. The van der Waals surface area contributed by atoms with Gasteiger partial charge in [-0.25, -0.2) is 9.89 Å². The maximum Gasteiger partial charge on any atom is 0.259 e. The number of benzene rings is 3. The van der Waals surface area contributed by atoms with Crippen molar-refractivity contribution in [2.75, 3.05) is 12.4 Å². The summed E-state index contributed by atoms with van der Waals surface area (Å²) in [7, 11) is 1.55. The Morgan fingerprint density at radius 2 is 1.76 bits per heavy atom. The maximum atomic E-state index is 13.6. The molecule has 0 aromatic heterocycles. The van der Waals surface area contributed by atoms with Crippen LogP contribution in [0, 0.1) is 0 Å². The van der Waals surface area contributed by atoms with Gasteiger partial charge in [0.2, 0.25) is 11.8 Å². The van der Waals surface area contributed by atoms with E-state index in [9.17, 15) is 14.4 Å². The van der Waals surface area contributed by atoms with Crippen molar-refractivity contribution in [3.05, 3.63) is 90.0 Å². The monoisotopic (exact) mass is 569 g/mol. The summed E-state index contributed by atoms with van der Waals surface area (Å²) >= 11 is 1.22. The average Bonchev–Trinajstić information content (AvgIpc) is 3.34. The van der Waals surface area contributed by atoms with Crippen LogP contribution in [0.4, 0.5) is 11.4 Å². The van der Waals surface area contributed by atoms with Gasteiger partial charge in [-0.15, -0.1) is 0 Å². The van der Waals surface area contributed by atoms with Crippen LogP contribution in [0.25, 0.3) is 0 Å². The molecule has 0 radical (unpaired) electrons. The normalized spacial score (nSPS) is 16.2. The van der Waals surface area contributed by atoms with Crippen LogP contribution < -0.4 is 15.4 Å². The first-order valence-corrected chi connectivity index (χ1v) is 14.4. The number of ether oxygens (including phenoxy) is 1. The number of carbonyl (C=O) groups excluding carboxylic acids is 3. The van der Waals surface area contributed by atoms with Crippen LogP contribution in [0.2, 0.25) is 0 Å². The molecule has 2 atom stereocenters. The molecular formula is C31H31N5O4S. The summed E-state index contributed by atoms with van der Waals surface area (Å²) in [6.45, 7) is 2.34. The molecule has 2 aliphatic heterocycles. The molecule has 2 N–H and O–H groups in total. The van der Waals surface area contributed by atoms with Crippen LogP contribution in [0.1, 0.15) is 37.3 Å². The third-order valence-corrected chi connectivity index (χ3v) is 8.12. The lowest BCUT2D eigenvalue weighted by atomic mass is 10.1.